The highest BCUT2D eigenvalue weighted by Crippen LogP contribution is 2.17. The van der Waals surface area contributed by atoms with Gasteiger partial charge in [0.25, 0.3) is 5.91 Å². The maximum Gasteiger partial charge on any atom is 0.251 e. The molecule has 0 aliphatic rings. The van der Waals surface area contributed by atoms with Crippen LogP contribution in [0.1, 0.15) is 35.8 Å². The number of nitrogens with zero attached hydrogens (tertiary/aromatic N) is 2. The largest absolute Gasteiger partial charge is 0.394 e. The van der Waals surface area contributed by atoms with Gasteiger partial charge in [0.1, 0.15) is 0 Å². The smallest absolute Gasteiger partial charge is 0.251 e. The average Bonchev–Trinajstić information content (AvgIpc) is 2.65. The number of carbonyl (C=O) groups excluding carboxylic acids is 1. The van der Waals surface area contributed by atoms with Gasteiger partial charge in [-0.25, -0.2) is 9.97 Å². The molecule has 6 heteroatoms. The Hall–Kier alpha value is -2.99. The molecule has 0 saturated carbocycles. The van der Waals surface area contributed by atoms with Crippen LogP contribution in [0.15, 0.2) is 54.7 Å². The molecule has 0 radical (unpaired) electrons. The Bertz CT molecular complexity index is 897. The Morgan fingerprint density at radius 3 is 2.62 bits per heavy atom. The fraction of sp³-hybridized carbons (Fsp3) is 0.250. The van der Waals surface area contributed by atoms with E-state index in [1.54, 1.807) is 18.3 Å². The van der Waals surface area contributed by atoms with E-state index < -0.39 is 6.04 Å². The van der Waals surface area contributed by atoms with Gasteiger partial charge in [0.15, 0.2) is 0 Å². The highest BCUT2D eigenvalue weighted by Gasteiger charge is 2.15. The summed E-state index contributed by atoms with van der Waals surface area (Å²) in [5.41, 5.74) is 2.03. The number of benzene rings is 2. The molecule has 2 aromatic carbocycles. The summed E-state index contributed by atoms with van der Waals surface area (Å²) in [5, 5.41) is 16.5. The third-order valence-electron chi connectivity index (χ3n) is 3.95. The number of carbonyl (C=O) groups is 1. The maximum atomic E-state index is 12.6. The zero-order valence-electron chi connectivity index (χ0n) is 14.8. The summed E-state index contributed by atoms with van der Waals surface area (Å²) in [6.07, 6.45) is 1.73. The van der Waals surface area contributed by atoms with Crippen LogP contribution >= 0.6 is 0 Å². The van der Waals surface area contributed by atoms with Gasteiger partial charge in [-0.15, -0.1) is 0 Å². The lowest BCUT2D eigenvalue weighted by molar-refractivity contribution is 0.0916. The molecule has 0 aliphatic heterocycles. The second kappa shape index (κ2) is 7.93. The summed E-state index contributed by atoms with van der Waals surface area (Å²) in [5.74, 6) is 0.273. The summed E-state index contributed by atoms with van der Waals surface area (Å²) < 4.78 is 0. The molecule has 0 bridgehead atoms. The van der Waals surface area contributed by atoms with Gasteiger partial charge >= 0.3 is 0 Å². The predicted molar refractivity (Wildman–Crippen MR) is 102 cm³/mol. The molecule has 0 aliphatic carbocycles. The SMILES string of the molecule is CC(C)Nc1ncc2ccc(C(=O)NC(CO)c3ccccc3)cc2n1. The van der Waals surface area contributed by atoms with Crippen LogP contribution < -0.4 is 10.6 Å². The van der Waals surface area contributed by atoms with Crippen molar-refractivity contribution in [1.82, 2.24) is 15.3 Å². The van der Waals surface area contributed by atoms with Crippen LogP contribution in [-0.2, 0) is 0 Å². The lowest BCUT2D eigenvalue weighted by atomic mass is 10.1. The molecule has 3 aromatic rings. The molecule has 0 saturated heterocycles. The quantitative estimate of drug-likeness (QED) is 0.636. The summed E-state index contributed by atoms with van der Waals surface area (Å²) in [7, 11) is 0. The highest BCUT2D eigenvalue weighted by molar-refractivity contribution is 5.98. The van der Waals surface area contributed by atoms with Crippen molar-refractivity contribution in [2.24, 2.45) is 0 Å². The first kappa shape index (κ1) is 17.8. The Morgan fingerprint density at radius 1 is 1.15 bits per heavy atom. The molecule has 0 fully saturated rings. The first-order chi connectivity index (χ1) is 12.6. The van der Waals surface area contributed by atoms with Crippen LogP contribution in [0, 0.1) is 0 Å². The molecule has 1 aromatic heterocycles. The molecular formula is C20H22N4O2. The van der Waals surface area contributed by atoms with Gasteiger partial charge in [0, 0.05) is 23.2 Å². The highest BCUT2D eigenvalue weighted by atomic mass is 16.3. The first-order valence-electron chi connectivity index (χ1n) is 8.57. The summed E-state index contributed by atoms with van der Waals surface area (Å²) in [6, 6.07) is 14.4. The van der Waals surface area contributed by atoms with Crippen molar-refractivity contribution in [1.29, 1.82) is 0 Å². The summed E-state index contributed by atoms with van der Waals surface area (Å²) in [4.78, 5) is 21.3. The maximum absolute atomic E-state index is 12.6. The number of hydrogen-bond acceptors (Lipinski definition) is 5. The Balaban J connectivity index is 1.83. The number of anilines is 1. The normalized spacial score (nSPS) is 12.2. The first-order valence-corrected chi connectivity index (χ1v) is 8.57. The van der Waals surface area contributed by atoms with Crippen molar-refractivity contribution in [3.63, 3.8) is 0 Å². The van der Waals surface area contributed by atoms with Gasteiger partial charge in [0.2, 0.25) is 5.95 Å². The van der Waals surface area contributed by atoms with E-state index in [0.717, 1.165) is 10.9 Å². The van der Waals surface area contributed by atoms with Gasteiger partial charge < -0.3 is 15.7 Å². The Kier molecular flexibility index (Phi) is 5.43. The minimum absolute atomic E-state index is 0.173. The molecule has 134 valence electrons. The van der Waals surface area contributed by atoms with Gasteiger partial charge in [0.05, 0.1) is 18.2 Å². The molecule has 6 nitrogen and oxygen atoms in total. The van der Waals surface area contributed by atoms with E-state index in [0.29, 0.717) is 17.0 Å². The standard InChI is InChI=1S/C20H22N4O2/c1-13(2)22-20-21-11-16-9-8-15(10-17(16)24-20)19(26)23-18(12-25)14-6-4-3-5-7-14/h3-11,13,18,25H,12H2,1-2H3,(H,23,26)(H,21,22,24). The molecule has 26 heavy (non-hydrogen) atoms. The number of amides is 1. The van der Waals surface area contributed by atoms with Crippen molar-refractivity contribution in [2.45, 2.75) is 25.9 Å². The lowest BCUT2D eigenvalue weighted by Crippen LogP contribution is -2.30. The number of aliphatic hydroxyl groups excluding tert-OH is 1. The van der Waals surface area contributed by atoms with Crippen LogP contribution in [0.5, 0.6) is 0 Å². The molecule has 3 rings (SSSR count). The zero-order valence-corrected chi connectivity index (χ0v) is 14.8. The molecular weight excluding hydrogens is 328 g/mol. The molecule has 1 heterocycles. The van der Waals surface area contributed by atoms with Crippen LogP contribution in [-0.4, -0.2) is 33.6 Å². The summed E-state index contributed by atoms with van der Waals surface area (Å²) in [6.45, 7) is 3.85. The second-order valence-corrected chi connectivity index (χ2v) is 6.39. The van der Waals surface area contributed by atoms with E-state index in [1.165, 1.54) is 0 Å². The number of aliphatic hydroxyl groups is 1. The van der Waals surface area contributed by atoms with E-state index in [-0.39, 0.29) is 18.6 Å². The fourth-order valence-corrected chi connectivity index (χ4v) is 2.65. The Morgan fingerprint density at radius 2 is 1.92 bits per heavy atom. The fourth-order valence-electron chi connectivity index (χ4n) is 2.65. The van der Waals surface area contributed by atoms with Crippen molar-refractivity contribution < 1.29 is 9.90 Å². The van der Waals surface area contributed by atoms with E-state index in [9.17, 15) is 9.90 Å². The van der Waals surface area contributed by atoms with Gasteiger partial charge in [-0.2, -0.15) is 0 Å². The van der Waals surface area contributed by atoms with Gasteiger partial charge in [-0.1, -0.05) is 36.4 Å². The average molecular weight is 350 g/mol. The molecule has 1 atom stereocenters. The van der Waals surface area contributed by atoms with Crippen molar-refractivity contribution >= 4 is 22.8 Å². The third-order valence-corrected chi connectivity index (χ3v) is 3.95. The lowest BCUT2D eigenvalue weighted by Gasteiger charge is -2.17. The number of rotatable bonds is 6. The van der Waals surface area contributed by atoms with Crippen LogP contribution in [0.25, 0.3) is 10.9 Å². The van der Waals surface area contributed by atoms with Crippen molar-refractivity contribution in [3.8, 4) is 0 Å². The second-order valence-electron chi connectivity index (χ2n) is 6.39. The molecule has 1 unspecified atom stereocenters. The number of fused-ring (bicyclic) bond motifs is 1. The minimum atomic E-state index is -0.456. The monoisotopic (exact) mass is 350 g/mol. The number of nitrogens with one attached hydrogen (secondary N) is 2. The van der Waals surface area contributed by atoms with Crippen LogP contribution in [0.2, 0.25) is 0 Å². The van der Waals surface area contributed by atoms with Crippen molar-refractivity contribution in [2.75, 3.05) is 11.9 Å². The summed E-state index contributed by atoms with van der Waals surface area (Å²) >= 11 is 0. The topological polar surface area (TPSA) is 87.1 Å². The Labute approximate surface area is 152 Å². The van der Waals surface area contributed by atoms with Crippen LogP contribution in [0.3, 0.4) is 0 Å². The van der Waals surface area contributed by atoms with E-state index in [1.807, 2.05) is 50.2 Å². The van der Waals surface area contributed by atoms with Gasteiger partial charge in [-0.05, 0) is 31.5 Å². The zero-order chi connectivity index (χ0) is 18.5. The van der Waals surface area contributed by atoms with Crippen molar-refractivity contribution in [3.05, 3.63) is 65.9 Å². The van der Waals surface area contributed by atoms with E-state index >= 15 is 0 Å². The van der Waals surface area contributed by atoms with E-state index in [2.05, 4.69) is 20.6 Å². The predicted octanol–water partition coefficient (Wildman–Crippen LogP) is 2.91. The van der Waals surface area contributed by atoms with E-state index in [4.69, 9.17) is 0 Å². The number of hydrogen-bond donors (Lipinski definition) is 3. The molecule has 0 spiro atoms. The van der Waals surface area contributed by atoms with Crippen LogP contribution in [0.4, 0.5) is 5.95 Å². The third kappa shape index (κ3) is 4.15. The molecule has 3 N–H and O–H groups in total. The molecule has 1 amide bonds. The minimum Gasteiger partial charge on any atom is -0.394 e. The number of aromatic nitrogens is 2. The van der Waals surface area contributed by atoms with Gasteiger partial charge in [-0.3, -0.25) is 4.79 Å².